The summed E-state index contributed by atoms with van der Waals surface area (Å²) in [4.78, 5) is 1.84. The molecule has 0 aromatic heterocycles. The van der Waals surface area contributed by atoms with E-state index in [2.05, 4.69) is 0 Å². The molecule has 0 aromatic rings. The highest BCUT2D eigenvalue weighted by molar-refractivity contribution is 4.71. The summed E-state index contributed by atoms with van der Waals surface area (Å²) in [5.74, 6) is 0. The molecule has 2 unspecified atom stereocenters. The van der Waals surface area contributed by atoms with Crippen molar-refractivity contribution < 1.29 is 10.2 Å². The number of likely N-dealkylation sites (tertiary alicyclic amines) is 1. The second kappa shape index (κ2) is 2.64. The molecule has 54 valence electrons. The first kappa shape index (κ1) is 6.99. The van der Waals surface area contributed by atoms with Crippen molar-refractivity contribution in [2.24, 2.45) is 0 Å². The lowest BCUT2D eigenvalue weighted by Crippen LogP contribution is -2.41. The summed E-state index contributed by atoms with van der Waals surface area (Å²) in [5, 5.41) is 18.1. The largest absolute Gasteiger partial charge is 0.393 e. The highest BCUT2D eigenvalue weighted by Gasteiger charge is 2.21. The highest BCUT2D eigenvalue weighted by atomic mass is 16.3. The topological polar surface area (TPSA) is 43.7 Å². The highest BCUT2D eigenvalue weighted by Crippen LogP contribution is 2.12. The minimum atomic E-state index is -0.436. The average molecular weight is 131 g/mol. The molecule has 1 fully saturated rings. The second-order valence-electron chi connectivity index (χ2n) is 2.64. The van der Waals surface area contributed by atoms with E-state index in [1.54, 1.807) is 0 Å². The van der Waals surface area contributed by atoms with Gasteiger partial charge in [0.15, 0.2) is 0 Å². The SMILES string of the molecule is CN1CCC(O)CC1O. The summed E-state index contributed by atoms with van der Waals surface area (Å²) in [6.45, 7) is 0.794. The van der Waals surface area contributed by atoms with Crippen LogP contribution in [0.4, 0.5) is 0 Å². The van der Waals surface area contributed by atoms with Gasteiger partial charge >= 0.3 is 0 Å². The van der Waals surface area contributed by atoms with Gasteiger partial charge in [0.25, 0.3) is 0 Å². The van der Waals surface area contributed by atoms with E-state index in [4.69, 9.17) is 10.2 Å². The third-order valence-corrected chi connectivity index (χ3v) is 1.81. The Balaban J connectivity index is 2.35. The molecule has 2 atom stereocenters. The summed E-state index contributed by atoms with van der Waals surface area (Å²) >= 11 is 0. The van der Waals surface area contributed by atoms with Gasteiger partial charge in [-0.05, 0) is 13.5 Å². The van der Waals surface area contributed by atoms with Crippen molar-refractivity contribution in [2.75, 3.05) is 13.6 Å². The van der Waals surface area contributed by atoms with Gasteiger partial charge in [-0.2, -0.15) is 0 Å². The van der Waals surface area contributed by atoms with Gasteiger partial charge in [-0.3, -0.25) is 4.90 Å². The first-order chi connectivity index (χ1) is 4.20. The van der Waals surface area contributed by atoms with E-state index < -0.39 is 6.23 Å². The minimum Gasteiger partial charge on any atom is -0.393 e. The molecule has 0 saturated carbocycles. The number of aliphatic hydroxyl groups excluding tert-OH is 2. The van der Waals surface area contributed by atoms with Crippen molar-refractivity contribution in [2.45, 2.75) is 25.2 Å². The van der Waals surface area contributed by atoms with Gasteiger partial charge in [-0.25, -0.2) is 0 Å². The number of aliphatic hydroxyl groups is 2. The molecule has 3 heteroatoms. The molecule has 1 aliphatic rings. The summed E-state index contributed by atoms with van der Waals surface area (Å²) in [6.07, 6.45) is 0.550. The molecule has 9 heavy (non-hydrogen) atoms. The Bertz CT molecular complexity index is 97.1. The van der Waals surface area contributed by atoms with E-state index in [0.29, 0.717) is 6.42 Å². The predicted molar refractivity (Wildman–Crippen MR) is 33.9 cm³/mol. The zero-order valence-corrected chi connectivity index (χ0v) is 5.62. The Morgan fingerprint density at radius 3 is 2.56 bits per heavy atom. The number of piperidine rings is 1. The van der Waals surface area contributed by atoms with Crippen molar-refractivity contribution in [3.8, 4) is 0 Å². The van der Waals surface area contributed by atoms with Crippen molar-refractivity contribution in [3.05, 3.63) is 0 Å². The van der Waals surface area contributed by atoms with Crippen molar-refractivity contribution in [3.63, 3.8) is 0 Å². The Kier molecular flexibility index (Phi) is 2.05. The lowest BCUT2D eigenvalue weighted by molar-refractivity contribution is -0.0535. The van der Waals surface area contributed by atoms with Crippen LogP contribution in [0.5, 0.6) is 0 Å². The van der Waals surface area contributed by atoms with Crippen LogP contribution in [-0.2, 0) is 0 Å². The number of hydrogen-bond acceptors (Lipinski definition) is 3. The van der Waals surface area contributed by atoms with Gasteiger partial charge in [-0.15, -0.1) is 0 Å². The molecule has 1 heterocycles. The van der Waals surface area contributed by atoms with Crippen LogP contribution >= 0.6 is 0 Å². The van der Waals surface area contributed by atoms with E-state index in [0.717, 1.165) is 13.0 Å². The molecule has 3 nitrogen and oxygen atoms in total. The summed E-state index contributed by atoms with van der Waals surface area (Å²) < 4.78 is 0. The van der Waals surface area contributed by atoms with Crippen LogP contribution in [0.3, 0.4) is 0 Å². The van der Waals surface area contributed by atoms with Crippen molar-refractivity contribution in [1.29, 1.82) is 0 Å². The van der Waals surface area contributed by atoms with Gasteiger partial charge in [0.05, 0.1) is 6.10 Å². The Morgan fingerprint density at radius 2 is 2.11 bits per heavy atom. The van der Waals surface area contributed by atoms with Gasteiger partial charge in [0.1, 0.15) is 6.23 Å². The lowest BCUT2D eigenvalue weighted by Gasteiger charge is -2.30. The fourth-order valence-corrected chi connectivity index (χ4v) is 1.04. The number of rotatable bonds is 0. The third kappa shape index (κ3) is 1.64. The zero-order chi connectivity index (χ0) is 6.85. The monoisotopic (exact) mass is 131 g/mol. The molecule has 0 aliphatic carbocycles. The molecule has 0 radical (unpaired) electrons. The minimum absolute atomic E-state index is 0.295. The molecule has 0 bridgehead atoms. The van der Waals surface area contributed by atoms with Crippen LogP contribution in [0, 0.1) is 0 Å². The maximum atomic E-state index is 9.11. The van der Waals surface area contributed by atoms with Crippen LogP contribution in [0.15, 0.2) is 0 Å². The maximum Gasteiger partial charge on any atom is 0.109 e. The van der Waals surface area contributed by atoms with E-state index in [-0.39, 0.29) is 6.10 Å². The molecule has 2 N–H and O–H groups in total. The average Bonchev–Trinajstić information content (AvgIpc) is 1.80. The molecular weight excluding hydrogens is 118 g/mol. The van der Waals surface area contributed by atoms with Crippen LogP contribution < -0.4 is 0 Å². The van der Waals surface area contributed by atoms with E-state index >= 15 is 0 Å². The summed E-state index contributed by atoms with van der Waals surface area (Å²) in [6, 6.07) is 0. The second-order valence-corrected chi connectivity index (χ2v) is 2.64. The van der Waals surface area contributed by atoms with Gasteiger partial charge in [0.2, 0.25) is 0 Å². The lowest BCUT2D eigenvalue weighted by atomic mass is 10.1. The van der Waals surface area contributed by atoms with E-state index in [1.807, 2.05) is 11.9 Å². The summed E-state index contributed by atoms with van der Waals surface area (Å²) in [5.41, 5.74) is 0. The predicted octanol–water partition coefficient (Wildman–Crippen LogP) is -0.609. The van der Waals surface area contributed by atoms with Crippen LogP contribution in [0.2, 0.25) is 0 Å². The Morgan fingerprint density at radius 1 is 1.44 bits per heavy atom. The van der Waals surface area contributed by atoms with Gasteiger partial charge in [-0.1, -0.05) is 0 Å². The molecule has 0 aromatic carbocycles. The van der Waals surface area contributed by atoms with E-state index in [1.165, 1.54) is 0 Å². The normalized spacial score (nSPS) is 39.0. The Hall–Kier alpha value is -0.120. The fourth-order valence-electron chi connectivity index (χ4n) is 1.04. The molecule has 1 saturated heterocycles. The summed E-state index contributed by atoms with van der Waals surface area (Å²) in [7, 11) is 1.86. The van der Waals surface area contributed by atoms with Crippen LogP contribution in [-0.4, -0.2) is 41.0 Å². The molecular formula is C6H13NO2. The smallest absolute Gasteiger partial charge is 0.109 e. The van der Waals surface area contributed by atoms with Crippen molar-refractivity contribution >= 4 is 0 Å². The van der Waals surface area contributed by atoms with Gasteiger partial charge < -0.3 is 10.2 Å². The first-order valence-electron chi connectivity index (χ1n) is 3.26. The first-order valence-corrected chi connectivity index (χ1v) is 3.26. The number of nitrogens with zero attached hydrogens (tertiary/aromatic N) is 1. The molecule has 1 aliphatic heterocycles. The van der Waals surface area contributed by atoms with Gasteiger partial charge in [0, 0.05) is 13.0 Å². The molecule has 0 spiro atoms. The quantitative estimate of drug-likeness (QED) is 0.461. The maximum absolute atomic E-state index is 9.11. The fraction of sp³-hybridized carbons (Fsp3) is 1.00. The zero-order valence-electron chi connectivity index (χ0n) is 5.62. The number of hydrogen-bond donors (Lipinski definition) is 2. The standard InChI is InChI=1S/C6H13NO2/c1-7-3-2-5(8)4-6(7)9/h5-6,8-9H,2-4H2,1H3. The van der Waals surface area contributed by atoms with Crippen molar-refractivity contribution in [1.82, 2.24) is 4.90 Å². The van der Waals surface area contributed by atoms with Crippen LogP contribution in [0.1, 0.15) is 12.8 Å². The molecule has 0 amide bonds. The molecule has 1 rings (SSSR count). The third-order valence-electron chi connectivity index (χ3n) is 1.81. The van der Waals surface area contributed by atoms with E-state index in [9.17, 15) is 0 Å². The Labute approximate surface area is 54.9 Å². The van der Waals surface area contributed by atoms with Crippen LogP contribution in [0.25, 0.3) is 0 Å².